The number of urea groups is 1. The monoisotopic (exact) mass is 360 g/mol. The Kier molecular flexibility index (Phi) is 7.77. The van der Waals surface area contributed by atoms with Gasteiger partial charge in [-0.25, -0.2) is 4.79 Å². The molecule has 1 N–H and O–H groups in total. The first-order valence-electron chi connectivity index (χ1n) is 10.1. The molecule has 1 aliphatic carbocycles. The molecule has 0 radical (unpaired) electrons. The molecule has 5 heteroatoms. The van der Waals surface area contributed by atoms with E-state index in [-0.39, 0.29) is 12.1 Å². The van der Waals surface area contributed by atoms with E-state index in [1.54, 1.807) is 0 Å². The summed E-state index contributed by atoms with van der Waals surface area (Å²) in [7, 11) is 0. The lowest BCUT2D eigenvalue weighted by Gasteiger charge is -2.33. The van der Waals surface area contributed by atoms with Gasteiger partial charge in [-0.3, -0.25) is 0 Å². The molecule has 1 saturated carbocycles. The number of nitrogens with one attached hydrogen (secondary N) is 1. The highest BCUT2D eigenvalue weighted by atomic mass is 16.5. The second-order valence-corrected chi connectivity index (χ2v) is 7.38. The zero-order valence-electron chi connectivity index (χ0n) is 15.7. The zero-order chi connectivity index (χ0) is 18.0. The number of rotatable bonds is 7. The largest absolute Gasteiger partial charge is 0.376 e. The number of hydrogen-bond acceptors (Lipinski definition) is 3. The van der Waals surface area contributed by atoms with Crippen LogP contribution in [0.1, 0.15) is 50.5 Å². The highest BCUT2D eigenvalue weighted by molar-refractivity contribution is 5.74. The van der Waals surface area contributed by atoms with Crippen LogP contribution in [0.3, 0.4) is 0 Å². The summed E-state index contributed by atoms with van der Waals surface area (Å²) in [4.78, 5) is 14.3. The predicted molar refractivity (Wildman–Crippen MR) is 102 cm³/mol. The third-order valence-electron chi connectivity index (χ3n) is 5.35. The molecule has 2 aliphatic rings. The molecule has 1 heterocycles. The van der Waals surface area contributed by atoms with Crippen LogP contribution in [0, 0.1) is 0 Å². The number of nitrogens with zero attached hydrogens (tertiary/aromatic N) is 1. The van der Waals surface area contributed by atoms with E-state index in [4.69, 9.17) is 9.47 Å². The van der Waals surface area contributed by atoms with E-state index < -0.39 is 0 Å². The van der Waals surface area contributed by atoms with Crippen molar-refractivity contribution in [1.82, 2.24) is 10.2 Å². The first-order valence-corrected chi connectivity index (χ1v) is 10.1. The normalized spacial score (nSPS) is 19.5. The first-order chi connectivity index (χ1) is 12.8. The van der Waals surface area contributed by atoms with Crippen molar-refractivity contribution in [3.8, 4) is 0 Å². The second-order valence-electron chi connectivity index (χ2n) is 7.38. The third-order valence-corrected chi connectivity index (χ3v) is 5.35. The Morgan fingerprint density at radius 3 is 2.46 bits per heavy atom. The van der Waals surface area contributed by atoms with Gasteiger partial charge in [-0.2, -0.15) is 0 Å². The van der Waals surface area contributed by atoms with Gasteiger partial charge in [0.15, 0.2) is 0 Å². The fourth-order valence-corrected chi connectivity index (χ4v) is 3.78. The quantitative estimate of drug-likeness (QED) is 0.754. The van der Waals surface area contributed by atoms with Crippen molar-refractivity contribution in [2.45, 2.75) is 63.7 Å². The minimum Gasteiger partial charge on any atom is -0.376 e. The summed E-state index contributed by atoms with van der Waals surface area (Å²) in [6.07, 6.45) is 8.13. The fraction of sp³-hybridized carbons (Fsp3) is 0.667. The number of piperidine rings is 1. The van der Waals surface area contributed by atoms with E-state index in [1.807, 2.05) is 23.1 Å². The van der Waals surface area contributed by atoms with Gasteiger partial charge >= 0.3 is 6.03 Å². The van der Waals surface area contributed by atoms with Crippen molar-refractivity contribution >= 4 is 6.03 Å². The number of likely N-dealkylation sites (tertiary alicyclic amines) is 1. The van der Waals surface area contributed by atoms with E-state index >= 15 is 0 Å². The van der Waals surface area contributed by atoms with Crippen LogP contribution < -0.4 is 5.32 Å². The molecule has 0 aromatic heterocycles. The predicted octanol–water partition coefficient (Wildman–Crippen LogP) is 3.73. The molecule has 5 nitrogen and oxygen atoms in total. The number of hydrogen-bond donors (Lipinski definition) is 1. The lowest BCUT2D eigenvalue weighted by atomic mass is 9.96. The molecule has 26 heavy (non-hydrogen) atoms. The van der Waals surface area contributed by atoms with Gasteiger partial charge in [-0.15, -0.1) is 0 Å². The Hall–Kier alpha value is -1.59. The summed E-state index contributed by atoms with van der Waals surface area (Å²) < 4.78 is 11.6. The number of benzene rings is 1. The second kappa shape index (κ2) is 10.5. The smallest absolute Gasteiger partial charge is 0.317 e. The van der Waals surface area contributed by atoms with Crippen LogP contribution in [0.5, 0.6) is 0 Å². The van der Waals surface area contributed by atoms with Crippen LogP contribution in [0.2, 0.25) is 0 Å². The maximum absolute atomic E-state index is 12.4. The van der Waals surface area contributed by atoms with Crippen molar-refractivity contribution in [3.05, 3.63) is 35.9 Å². The topological polar surface area (TPSA) is 50.8 Å². The summed E-state index contributed by atoms with van der Waals surface area (Å²) in [5.74, 6) is 0. The average molecular weight is 360 g/mol. The Labute approximate surface area is 157 Å². The molecule has 0 spiro atoms. The van der Waals surface area contributed by atoms with Crippen molar-refractivity contribution in [1.29, 1.82) is 0 Å². The van der Waals surface area contributed by atoms with E-state index in [2.05, 4.69) is 17.4 Å². The van der Waals surface area contributed by atoms with Crippen LogP contribution in [0.15, 0.2) is 30.3 Å². The van der Waals surface area contributed by atoms with Crippen molar-refractivity contribution < 1.29 is 14.3 Å². The van der Waals surface area contributed by atoms with Crippen molar-refractivity contribution in [3.63, 3.8) is 0 Å². The zero-order valence-corrected chi connectivity index (χ0v) is 15.7. The Balaban J connectivity index is 1.24. The SMILES string of the molecule is O=C(NC1CCCCC1)N1CCC(OCCOCc2ccccc2)CC1. The van der Waals surface area contributed by atoms with Gasteiger partial charge in [0.05, 0.1) is 25.9 Å². The van der Waals surface area contributed by atoms with Crippen LogP contribution in [-0.4, -0.2) is 49.4 Å². The number of carbonyl (C=O) groups is 1. The number of carbonyl (C=O) groups excluding carboxylic acids is 1. The highest BCUT2D eigenvalue weighted by Gasteiger charge is 2.25. The molecule has 0 bridgehead atoms. The molecule has 2 fully saturated rings. The number of ether oxygens (including phenoxy) is 2. The lowest BCUT2D eigenvalue weighted by molar-refractivity contribution is -0.0209. The average Bonchev–Trinajstić information content (AvgIpc) is 2.70. The first kappa shape index (κ1) is 19.2. The molecule has 144 valence electrons. The van der Waals surface area contributed by atoms with Crippen molar-refractivity contribution in [2.24, 2.45) is 0 Å². The van der Waals surface area contributed by atoms with Gasteiger partial charge in [0.2, 0.25) is 0 Å². The molecule has 1 aliphatic heterocycles. The lowest BCUT2D eigenvalue weighted by Crippen LogP contribution is -2.49. The molecule has 2 amide bonds. The van der Waals surface area contributed by atoms with Gasteiger partial charge in [0, 0.05) is 19.1 Å². The molecule has 1 aromatic carbocycles. The standard InChI is InChI=1S/C21H32N2O3/c24-21(22-19-9-5-2-6-10-19)23-13-11-20(12-14-23)26-16-15-25-17-18-7-3-1-4-8-18/h1,3-4,7-8,19-20H,2,5-6,9-17H2,(H,22,24). The molecule has 1 aromatic rings. The van der Waals surface area contributed by atoms with Crippen LogP contribution in [0.4, 0.5) is 4.79 Å². The summed E-state index contributed by atoms with van der Waals surface area (Å²) in [5.41, 5.74) is 1.18. The molecular formula is C21H32N2O3. The minimum absolute atomic E-state index is 0.113. The summed E-state index contributed by atoms with van der Waals surface area (Å²) in [5, 5.41) is 3.21. The van der Waals surface area contributed by atoms with Crippen LogP contribution in [0.25, 0.3) is 0 Å². The van der Waals surface area contributed by atoms with Crippen LogP contribution >= 0.6 is 0 Å². The van der Waals surface area contributed by atoms with Gasteiger partial charge in [0.1, 0.15) is 0 Å². The summed E-state index contributed by atoms with van der Waals surface area (Å²) in [6, 6.07) is 10.7. The van der Waals surface area contributed by atoms with E-state index in [0.717, 1.165) is 38.8 Å². The van der Waals surface area contributed by atoms with E-state index in [9.17, 15) is 4.79 Å². The molecular weight excluding hydrogens is 328 g/mol. The molecule has 0 unspecified atom stereocenters. The fourth-order valence-electron chi connectivity index (χ4n) is 3.78. The Morgan fingerprint density at radius 1 is 1.00 bits per heavy atom. The van der Waals surface area contributed by atoms with E-state index in [0.29, 0.717) is 25.9 Å². The maximum Gasteiger partial charge on any atom is 0.317 e. The molecule has 1 saturated heterocycles. The van der Waals surface area contributed by atoms with Gasteiger partial charge in [-0.05, 0) is 31.2 Å². The van der Waals surface area contributed by atoms with Gasteiger partial charge in [-0.1, -0.05) is 49.6 Å². The minimum atomic E-state index is 0.113. The third kappa shape index (κ3) is 6.29. The van der Waals surface area contributed by atoms with Crippen molar-refractivity contribution in [2.75, 3.05) is 26.3 Å². The summed E-state index contributed by atoms with van der Waals surface area (Å²) >= 11 is 0. The van der Waals surface area contributed by atoms with E-state index in [1.165, 1.54) is 24.8 Å². The number of amides is 2. The highest BCUT2D eigenvalue weighted by Crippen LogP contribution is 2.19. The van der Waals surface area contributed by atoms with Gasteiger partial charge in [0.25, 0.3) is 0 Å². The Morgan fingerprint density at radius 2 is 1.73 bits per heavy atom. The molecule has 0 atom stereocenters. The summed E-state index contributed by atoms with van der Waals surface area (Å²) in [6.45, 7) is 3.43. The molecule has 3 rings (SSSR count). The maximum atomic E-state index is 12.4. The van der Waals surface area contributed by atoms with Crippen LogP contribution in [-0.2, 0) is 16.1 Å². The van der Waals surface area contributed by atoms with Gasteiger partial charge < -0.3 is 19.7 Å². The Bertz CT molecular complexity index is 523.